The van der Waals surface area contributed by atoms with Crippen LogP contribution < -0.4 is 0 Å². The summed E-state index contributed by atoms with van der Waals surface area (Å²) in [7, 11) is 0. The molecule has 0 bridgehead atoms. The van der Waals surface area contributed by atoms with Crippen LogP contribution >= 0.6 is 0 Å². The van der Waals surface area contributed by atoms with Gasteiger partial charge in [0.05, 0.1) is 5.69 Å². The van der Waals surface area contributed by atoms with Crippen LogP contribution in [0, 0.1) is 0 Å². The number of H-pyrrole nitrogens is 1. The maximum absolute atomic E-state index is 12.8. The van der Waals surface area contributed by atoms with Crippen molar-refractivity contribution in [2.24, 2.45) is 0 Å². The molecule has 0 unspecified atom stereocenters. The molecule has 4 rings (SSSR count). The van der Waals surface area contributed by atoms with Gasteiger partial charge in [0.1, 0.15) is 0 Å². The lowest BCUT2D eigenvalue weighted by atomic mass is 9.93. The van der Waals surface area contributed by atoms with E-state index < -0.39 is 0 Å². The Bertz CT molecular complexity index is 662. The SMILES string of the molecule is O=C(c1onc2c1CCCC2)N1CCC[C@H](c2ccn[nH]2)C1. The minimum Gasteiger partial charge on any atom is -0.350 e. The maximum atomic E-state index is 12.8. The number of aromatic amines is 1. The van der Waals surface area contributed by atoms with E-state index in [-0.39, 0.29) is 5.91 Å². The van der Waals surface area contributed by atoms with Gasteiger partial charge in [0.25, 0.3) is 5.91 Å². The molecule has 1 N–H and O–H groups in total. The van der Waals surface area contributed by atoms with Gasteiger partial charge in [-0.1, -0.05) is 5.16 Å². The highest BCUT2D eigenvalue weighted by Crippen LogP contribution is 2.29. The first-order valence-electron chi connectivity index (χ1n) is 8.09. The molecule has 2 aromatic heterocycles. The van der Waals surface area contributed by atoms with E-state index in [1.807, 2.05) is 11.0 Å². The molecule has 1 saturated heterocycles. The molecule has 1 aliphatic heterocycles. The van der Waals surface area contributed by atoms with Gasteiger partial charge in [-0.3, -0.25) is 9.89 Å². The fourth-order valence-electron chi connectivity index (χ4n) is 3.61. The summed E-state index contributed by atoms with van der Waals surface area (Å²) in [6.07, 6.45) is 7.96. The Morgan fingerprint density at radius 2 is 2.23 bits per heavy atom. The number of amides is 1. The van der Waals surface area contributed by atoms with Crippen molar-refractivity contribution in [3.05, 3.63) is 35.0 Å². The molecule has 1 fully saturated rings. The highest BCUT2D eigenvalue weighted by atomic mass is 16.5. The number of carbonyl (C=O) groups is 1. The second kappa shape index (κ2) is 5.59. The molecule has 0 radical (unpaired) electrons. The fourth-order valence-corrected chi connectivity index (χ4v) is 3.61. The van der Waals surface area contributed by atoms with Crippen molar-refractivity contribution in [1.82, 2.24) is 20.3 Å². The van der Waals surface area contributed by atoms with E-state index in [9.17, 15) is 4.79 Å². The third-order valence-electron chi connectivity index (χ3n) is 4.82. The van der Waals surface area contributed by atoms with Crippen LogP contribution in [0.4, 0.5) is 0 Å². The van der Waals surface area contributed by atoms with Crippen molar-refractivity contribution >= 4 is 5.91 Å². The van der Waals surface area contributed by atoms with Crippen molar-refractivity contribution in [3.63, 3.8) is 0 Å². The monoisotopic (exact) mass is 300 g/mol. The van der Waals surface area contributed by atoms with Gasteiger partial charge in [0.15, 0.2) is 0 Å². The minimum atomic E-state index is -0.000125. The normalized spacial score (nSPS) is 21.6. The number of piperidine rings is 1. The number of aromatic nitrogens is 3. The topological polar surface area (TPSA) is 75.0 Å². The van der Waals surface area contributed by atoms with Gasteiger partial charge in [-0.2, -0.15) is 5.10 Å². The molecule has 6 nitrogen and oxygen atoms in total. The number of nitrogens with one attached hydrogen (secondary N) is 1. The molecule has 22 heavy (non-hydrogen) atoms. The average Bonchev–Trinajstić information content (AvgIpc) is 3.24. The lowest BCUT2D eigenvalue weighted by Crippen LogP contribution is -2.39. The molecule has 116 valence electrons. The number of rotatable bonds is 2. The summed E-state index contributed by atoms with van der Waals surface area (Å²) in [6.45, 7) is 1.51. The number of hydrogen-bond donors (Lipinski definition) is 1. The van der Waals surface area contributed by atoms with Crippen molar-refractivity contribution in [3.8, 4) is 0 Å². The van der Waals surface area contributed by atoms with Gasteiger partial charge in [0.2, 0.25) is 5.76 Å². The van der Waals surface area contributed by atoms with E-state index >= 15 is 0 Å². The van der Waals surface area contributed by atoms with Crippen LogP contribution in [0.5, 0.6) is 0 Å². The van der Waals surface area contributed by atoms with Crippen molar-refractivity contribution in [2.75, 3.05) is 13.1 Å². The number of hydrogen-bond acceptors (Lipinski definition) is 4. The number of fused-ring (bicyclic) bond motifs is 1. The first-order valence-corrected chi connectivity index (χ1v) is 8.09. The van der Waals surface area contributed by atoms with Gasteiger partial charge in [-0.25, -0.2) is 0 Å². The van der Waals surface area contributed by atoms with E-state index in [1.165, 1.54) is 0 Å². The van der Waals surface area contributed by atoms with E-state index in [1.54, 1.807) is 6.20 Å². The largest absolute Gasteiger partial charge is 0.350 e. The number of aryl methyl sites for hydroxylation is 1. The predicted molar refractivity (Wildman–Crippen MR) is 79.6 cm³/mol. The number of nitrogens with zero attached hydrogens (tertiary/aromatic N) is 3. The summed E-state index contributed by atoms with van der Waals surface area (Å²) in [5.41, 5.74) is 3.13. The van der Waals surface area contributed by atoms with Gasteiger partial charge < -0.3 is 9.42 Å². The molecule has 1 atom stereocenters. The Morgan fingerprint density at radius 3 is 3.09 bits per heavy atom. The second-order valence-corrected chi connectivity index (χ2v) is 6.25. The third kappa shape index (κ3) is 2.32. The molecule has 1 aliphatic carbocycles. The number of likely N-dealkylation sites (tertiary alicyclic amines) is 1. The quantitative estimate of drug-likeness (QED) is 0.923. The zero-order valence-electron chi connectivity index (χ0n) is 12.5. The molecule has 6 heteroatoms. The molecular weight excluding hydrogens is 280 g/mol. The molecular formula is C16H20N4O2. The summed E-state index contributed by atoms with van der Waals surface area (Å²) < 4.78 is 5.40. The first-order chi connectivity index (χ1) is 10.8. The van der Waals surface area contributed by atoms with E-state index in [0.717, 1.165) is 68.6 Å². The maximum Gasteiger partial charge on any atom is 0.292 e. The third-order valence-corrected chi connectivity index (χ3v) is 4.82. The Labute approximate surface area is 128 Å². The molecule has 2 aromatic rings. The summed E-state index contributed by atoms with van der Waals surface area (Å²) in [6, 6.07) is 1.99. The smallest absolute Gasteiger partial charge is 0.292 e. The molecule has 3 heterocycles. The summed E-state index contributed by atoms with van der Waals surface area (Å²) >= 11 is 0. The summed E-state index contributed by atoms with van der Waals surface area (Å²) in [5.74, 6) is 0.804. The lowest BCUT2D eigenvalue weighted by Gasteiger charge is -2.31. The van der Waals surface area contributed by atoms with Crippen LogP contribution in [0.2, 0.25) is 0 Å². The van der Waals surface area contributed by atoms with E-state index in [2.05, 4.69) is 15.4 Å². The van der Waals surface area contributed by atoms with Gasteiger partial charge >= 0.3 is 0 Å². The van der Waals surface area contributed by atoms with Crippen LogP contribution in [0.1, 0.15) is 59.1 Å². The first kappa shape index (κ1) is 13.5. The minimum absolute atomic E-state index is 0.000125. The van der Waals surface area contributed by atoms with Crippen LogP contribution in [0.15, 0.2) is 16.8 Å². The van der Waals surface area contributed by atoms with Crippen LogP contribution in [-0.2, 0) is 12.8 Å². The molecule has 0 saturated carbocycles. The Hall–Kier alpha value is -2.11. The Kier molecular flexibility index (Phi) is 3.44. The van der Waals surface area contributed by atoms with Gasteiger partial charge in [-0.05, 0) is 44.6 Å². The Morgan fingerprint density at radius 1 is 1.32 bits per heavy atom. The second-order valence-electron chi connectivity index (χ2n) is 6.25. The zero-order valence-corrected chi connectivity index (χ0v) is 12.5. The fraction of sp³-hybridized carbons (Fsp3) is 0.562. The standard InChI is InChI=1S/C16H20N4O2/c21-16(15-12-5-1-2-6-14(12)19-22-15)20-9-3-4-11(10-20)13-7-8-17-18-13/h7-8,11H,1-6,9-10H2,(H,17,18)/t11-/m0/s1. The van der Waals surface area contributed by atoms with Crippen molar-refractivity contribution in [1.29, 1.82) is 0 Å². The molecule has 0 spiro atoms. The Balaban J connectivity index is 1.54. The van der Waals surface area contributed by atoms with E-state index in [0.29, 0.717) is 11.7 Å². The van der Waals surface area contributed by atoms with Crippen molar-refractivity contribution in [2.45, 2.75) is 44.4 Å². The molecule has 2 aliphatic rings. The van der Waals surface area contributed by atoms with Gasteiger partial charge in [0, 0.05) is 36.5 Å². The van der Waals surface area contributed by atoms with Crippen LogP contribution in [0.3, 0.4) is 0 Å². The van der Waals surface area contributed by atoms with Crippen LogP contribution in [-0.4, -0.2) is 39.3 Å². The predicted octanol–water partition coefficient (Wildman–Crippen LogP) is 2.30. The highest BCUT2D eigenvalue weighted by Gasteiger charge is 2.31. The van der Waals surface area contributed by atoms with Crippen LogP contribution in [0.25, 0.3) is 0 Å². The summed E-state index contributed by atoms with van der Waals surface area (Å²) in [5, 5.41) is 11.1. The van der Waals surface area contributed by atoms with E-state index in [4.69, 9.17) is 4.52 Å². The summed E-state index contributed by atoms with van der Waals surface area (Å²) in [4.78, 5) is 14.7. The molecule has 0 aromatic carbocycles. The van der Waals surface area contributed by atoms with Gasteiger partial charge in [-0.15, -0.1) is 0 Å². The number of carbonyl (C=O) groups excluding carboxylic acids is 1. The highest BCUT2D eigenvalue weighted by molar-refractivity contribution is 5.93. The average molecular weight is 300 g/mol. The molecule has 1 amide bonds. The lowest BCUT2D eigenvalue weighted by molar-refractivity contribution is 0.0662. The zero-order chi connectivity index (χ0) is 14.9. The van der Waals surface area contributed by atoms with Crippen molar-refractivity contribution < 1.29 is 9.32 Å².